The van der Waals surface area contributed by atoms with Crippen LogP contribution in [0, 0.1) is 0 Å². The molecule has 0 atom stereocenters. The number of hydrogen-bond donors (Lipinski definition) is 0. The molecule has 1 aliphatic rings. The minimum atomic E-state index is 0.320. The first kappa shape index (κ1) is 15.3. The van der Waals surface area contributed by atoms with Crippen molar-refractivity contribution in [2.75, 3.05) is 13.1 Å². The summed E-state index contributed by atoms with van der Waals surface area (Å²) >= 11 is 0. The molecule has 0 bridgehead atoms. The van der Waals surface area contributed by atoms with Crippen molar-refractivity contribution in [2.45, 2.75) is 45.1 Å². The van der Waals surface area contributed by atoms with Crippen molar-refractivity contribution in [1.29, 1.82) is 0 Å². The van der Waals surface area contributed by atoms with Gasteiger partial charge >= 0.3 is 0 Å². The summed E-state index contributed by atoms with van der Waals surface area (Å²) in [6.07, 6.45) is 6.02. The highest BCUT2D eigenvalue weighted by Gasteiger charge is 2.25. The molecule has 24 heavy (non-hydrogen) atoms. The first-order chi connectivity index (χ1) is 11.7. The second kappa shape index (κ2) is 6.36. The predicted molar refractivity (Wildman–Crippen MR) is 90.8 cm³/mol. The van der Waals surface area contributed by atoms with E-state index in [1.54, 1.807) is 0 Å². The van der Waals surface area contributed by atoms with Gasteiger partial charge in [0.2, 0.25) is 5.89 Å². The van der Waals surface area contributed by atoms with Gasteiger partial charge in [-0.3, -0.25) is 4.90 Å². The van der Waals surface area contributed by atoms with Gasteiger partial charge in [0.15, 0.2) is 5.82 Å². The highest BCUT2D eigenvalue weighted by atomic mass is 16.5. The topological polar surface area (TPSA) is 59.5 Å². The molecule has 6 heteroatoms. The zero-order valence-corrected chi connectivity index (χ0v) is 14.2. The van der Waals surface area contributed by atoms with Gasteiger partial charge in [-0.25, -0.2) is 4.52 Å². The Morgan fingerprint density at radius 3 is 2.83 bits per heavy atom. The monoisotopic (exact) mass is 325 g/mol. The molecule has 4 heterocycles. The maximum atomic E-state index is 5.47. The number of hydrogen-bond acceptors (Lipinski definition) is 5. The Balaban J connectivity index is 1.36. The summed E-state index contributed by atoms with van der Waals surface area (Å²) in [5.74, 6) is 2.36. The van der Waals surface area contributed by atoms with Gasteiger partial charge in [-0.15, -0.1) is 0 Å². The molecular formula is C18H23N5O. The summed E-state index contributed by atoms with van der Waals surface area (Å²) in [7, 11) is 0. The lowest BCUT2D eigenvalue weighted by molar-refractivity contribution is 0.187. The number of fused-ring (bicyclic) bond motifs is 1. The van der Waals surface area contributed by atoms with E-state index in [9.17, 15) is 0 Å². The molecule has 0 radical (unpaired) electrons. The van der Waals surface area contributed by atoms with Crippen molar-refractivity contribution < 1.29 is 4.52 Å². The zero-order chi connectivity index (χ0) is 16.5. The summed E-state index contributed by atoms with van der Waals surface area (Å²) in [6.45, 7) is 7.29. The fraction of sp³-hybridized carbons (Fsp3) is 0.500. The van der Waals surface area contributed by atoms with Gasteiger partial charge in [0.05, 0.1) is 5.52 Å². The smallest absolute Gasteiger partial charge is 0.229 e. The Bertz CT molecular complexity index is 814. The number of nitrogens with zero attached hydrogens (tertiary/aromatic N) is 5. The average Bonchev–Trinajstić information content (AvgIpc) is 3.24. The van der Waals surface area contributed by atoms with Gasteiger partial charge in [-0.2, -0.15) is 10.1 Å². The van der Waals surface area contributed by atoms with Crippen LogP contribution in [0.2, 0.25) is 0 Å². The standard InChI is InChI=1S/C18H23N5O/c1-13(2)17-20-18(24-21-17)15-5-8-22(9-6-15)12-14-4-10-23-16(11-14)3-7-19-23/h3-4,7,10-11,13,15H,5-6,8-9,12H2,1-2H3. The van der Waals surface area contributed by atoms with Crippen molar-refractivity contribution in [3.63, 3.8) is 0 Å². The fourth-order valence-corrected chi connectivity index (χ4v) is 3.31. The lowest BCUT2D eigenvalue weighted by Gasteiger charge is -2.30. The molecule has 0 unspecified atom stereocenters. The van der Waals surface area contributed by atoms with Gasteiger partial charge < -0.3 is 4.52 Å². The maximum absolute atomic E-state index is 5.47. The third-order valence-electron chi connectivity index (χ3n) is 4.78. The second-order valence-electron chi connectivity index (χ2n) is 6.93. The lowest BCUT2D eigenvalue weighted by Crippen LogP contribution is -2.32. The number of rotatable bonds is 4. The lowest BCUT2D eigenvalue weighted by atomic mass is 9.96. The van der Waals surface area contributed by atoms with Gasteiger partial charge in [0.25, 0.3) is 0 Å². The van der Waals surface area contributed by atoms with E-state index in [0.29, 0.717) is 11.8 Å². The molecule has 0 aromatic carbocycles. The molecule has 0 saturated carbocycles. The Hall–Kier alpha value is -2.21. The van der Waals surface area contributed by atoms with Gasteiger partial charge in [0, 0.05) is 30.8 Å². The minimum absolute atomic E-state index is 0.320. The SMILES string of the molecule is CC(C)c1noc(C2CCN(Cc3ccn4nccc4c3)CC2)n1. The van der Waals surface area contributed by atoms with Crippen molar-refractivity contribution in [3.8, 4) is 0 Å². The van der Waals surface area contributed by atoms with Crippen molar-refractivity contribution in [2.24, 2.45) is 0 Å². The van der Waals surface area contributed by atoms with E-state index in [1.807, 2.05) is 23.0 Å². The molecular weight excluding hydrogens is 302 g/mol. The van der Waals surface area contributed by atoms with Crippen LogP contribution < -0.4 is 0 Å². The number of likely N-dealkylation sites (tertiary alicyclic amines) is 1. The molecule has 4 rings (SSSR count). The summed E-state index contributed by atoms with van der Waals surface area (Å²) in [5.41, 5.74) is 2.48. The minimum Gasteiger partial charge on any atom is -0.339 e. The average molecular weight is 325 g/mol. The second-order valence-corrected chi connectivity index (χ2v) is 6.93. The van der Waals surface area contributed by atoms with Crippen LogP contribution in [0.5, 0.6) is 0 Å². The number of piperidine rings is 1. The van der Waals surface area contributed by atoms with E-state index in [-0.39, 0.29) is 0 Å². The molecule has 0 N–H and O–H groups in total. The molecule has 0 amide bonds. The van der Waals surface area contributed by atoms with E-state index < -0.39 is 0 Å². The normalized spacial score (nSPS) is 17.1. The molecule has 1 aliphatic heterocycles. The molecule has 126 valence electrons. The first-order valence-corrected chi connectivity index (χ1v) is 8.67. The highest BCUT2D eigenvalue weighted by Crippen LogP contribution is 2.28. The molecule has 0 aliphatic carbocycles. The van der Waals surface area contributed by atoms with Crippen LogP contribution in [0.1, 0.15) is 55.8 Å². The van der Waals surface area contributed by atoms with Crippen LogP contribution in [0.3, 0.4) is 0 Å². The maximum Gasteiger partial charge on any atom is 0.229 e. The number of aromatic nitrogens is 4. The van der Waals surface area contributed by atoms with Crippen LogP contribution in [0.4, 0.5) is 0 Å². The van der Waals surface area contributed by atoms with Crippen LogP contribution in [0.25, 0.3) is 5.52 Å². The van der Waals surface area contributed by atoms with Gasteiger partial charge in [-0.05, 0) is 49.7 Å². The molecule has 3 aromatic heterocycles. The third-order valence-corrected chi connectivity index (χ3v) is 4.78. The van der Waals surface area contributed by atoms with Gasteiger partial charge in [-0.1, -0.05) is 19.0 Å². The number of pyridine rings is 1. The summed E-state index contributed by atoms with van der Waals surface area (Å²) in [5, 5.41) is 8.34. The third kappa shape index (κ3) is 3.06. The van der Waals surface area contributed by atoms with Gasteiger partial charge in [0.1, 0.15) is 0 Å². The van der Waals surface area contributed by atoms with E-state index in [0.717, 1.165) is 49.7 Å². The molecule has 6 nitrogen and oxygen atoms in total. The largest absolute Gasteiger partial charge is 0.339 e. The quantitative estimate of drug-likeness (QED) is 0.737. The van der Waals surface area contributed by atoms with Crippen LogP contribution in [-0.2, 0) is 6.54 Å². The summed E-state index contributed by atoms with van der Waals surface area (Å²) in [6, 6.07) is 6.41. The Kier molecular flexibility index (Phi) is 4.06. The Morgan fingerprint density at radius 2 is 2.08 bits per heavy atom. The van der Waals surface area contributed by atoms with Crippen molar-refractivity contribution in [3.05, 3.63) is 47.9 Å². The zero-order valence-electron chi connectivity index (χ0n) is 14.2. The van der Waals surface area contributed by atoms with Crippen LogP contribution in [0.15, 0.2) is 35.1 Å². The van der Waals surface area contributed by atoms with E-state index in [2.05, 4.69) is 46.1 Å². The molecule has 0 spiro atoms. The first-order valence-electron chi connectivity index (χ1n) is 8.67. The van der Waals surface area contributed by atoms with E-state index in [4.69, 9.17) is 4.52 Å². The summed E-state index contributed by atoms with van der Waals surface area (Å²) < 4.78 is 7.37. The Labute approximate surface area is 141 Å². The van der Waals surface area contributed by atoms with E-state index >= 15 is 0 Å². The predicted octanol–water partition coefficient (Wildman–Crippen LogP) is 3.22. The fourth-order valence-electron chi connectivity index (χ4n) is 3.31. The Morgan fingerprint density at radius 1 is 1.25 bits per heavy atom. The molecule has 1 saturated heterocycles. The van der Waals surface area contributed by atoms with Crippen LogP contribution in [-0.4, -0.2) is 37.7 Å². The summed E-state index contributed by atoms with van der Waals surface area (Å²) in [4.78, 5) is 7.06. The highest BCUT2D eigenvalue weighted by molar-refractivity contribution is 5.47. The van der Waals surface area contributed by atoms with Crippen LogP contribution >= 0.6 is 0 Å². The van der Waals surface area contributed by atoms with E-state index in [1.165, 1.54) is 5.56 Å². The molecule has 3 aromatic rings. The van der Waals surface area contributed by atoms with Crippen molar-refractivity contribution >= 4 is 5.52 Å². The molecule has 1 fully saturated rings. The van der Waals surface area contributed by atoms with Crippen molar-refractivity contribution in [1.82, 2.24) is 24.7 Å².